The minimum absolute atomic E-state index is 0.0744. The van der Waals surface area contributed by atoms with Crippen molar-refractivity contribution in [3.8, 4) is 0 Å². The number of nitrogens with zero attached hydrogens (tertiary/aromatic N) is 3. The fraction of sp³-hybridized carbons (Fsp3) is 0.733. The van der Waals surface area contributed by atoms with Gasteiger partial charge in [-0.25, -0.2) is 13.1 Å². The first-order valence-electron chi connectivity index (χ1n) is 8.10. The van der Waals surface area contributed by atoms with Gasteiger partial charge < -0.3 is 5.32 Å². The largest absolute Gasteiger partial charge is 0.310 e. The number of hydrogen-bond acceptors (Lipinski definition) is 5. The number of sulfone groups is 1. The molecule has 7 nitrogen and oxygen atoms in total. The second-order valence-corrected chi connectivity index (χ2v) is 8.38. The summed E-state index contributed by atoms with van der Waals surface area (Å²) in [5.74, 6) is 0.897. The van der Waals surface area contributed by atoms with Gasteiger partial charge in [0, 0.05) is 12.1 Å². The molecule has 1 amide bonds. The summed E-state index contributed by atoms with van der Waals surface area (Å²) in [5, 5.41) is 7.18. The van der Waals surface area contributed by atoms with Gasteiger partial charge in [0.1, 0.15) is 5.82 Å². The molecule has 1 aliphatic heterocycles. The Morgan fingerprint density at radius 2 is 2.17 bits per heavy atom. The lowest BCUT2D eigenvalue weighted by Gasteiger charge is -2.23. The van der Waals surface area contributed by atoms with Crippen LogP contribution in [0.1, 0.15) is 39.2 Å². The summed E-state index contributed by atoms with van der Waals surface area (Å²) in [4.78, 5) is 14.1. The van der Waals surface area contributed by atoms with Gasteiger partial charge in [0.2, 0.25) is 5.91 Å². The summed E-state index contributed by atoms with van der Waals surface area (Å²) in [6, 6.07) is 1.98. The van der Waals surface area contributed by atoms with E-state index in [-0.39, 0.29) is 36.0 Å². The molecule has 0 bridgehead atoms. The zero-order valence-corrected chi connectivity index (χ0v) is 14.8. The smallest absolute Gasteiger partial charge is 0.239 e. The predicted molar refractivity (Wildman–Crippen MR) is 90.2 cm³/mol. The SMILES string of the molecule is CCC(CC)n1nccc1NC(=O)CN(C)C1CCS(=O)(=O)C1. The summed E-state index contributed by atoms with van der Waals surface area (Å²) in [7, 11) is -1.14. The Kier molecular flexibility index (Phi) is 5.80. The van der Waals surface area contributed by atoms with Crippen molar-refractivity contribution in [1.82, 2.24) is 14.7 Å². The monoisotopic (exact) mass is 342 g/mol. The molecule has 1 atom stereocenters. The first-order valence-corrected chi connectivity index (χ1v) is 9.92. The zero-order chi connectivity index (χ0) is 17.0. The molecule has 0 saturated carbocycles. The van der Waals surface area contributed by atoms with Crippen LogP contribution >= 0.6 is 0 Å². The molecular formula is C15H26N4O3S. The zero-order valence-electron chi connectivity index (χ0n) is 14.0. The van der Waals surface area contributed by atoms with Crippen LogP contribution in [0, 0.1) is 0 Å². The first kappa shape index (κ1) is 17.9. The molecule has 1 aromatic rings. The molecule has 1 fully saturated rings. The molecule has 1 aliphatic rings. The molecule has 23 heavy (non-hydrogen) atoms. The van der Waals surface area contributed by atoms with E-state index in [0.29, 0.717) is 12.2 Å². The van der Waals surface area contributed by atoms with Crippen LogP contribution < -0.4 is 5.32 Å². The Morgan fingerprint density at radius 1 is 1.48 bits per heavy atom. The maximum absolute atomic E-state index is 12.2. The maximum Gasteiger partial charge on any atom is 0.239 e. The van der Waals surface area contributed by atoms with E-state index in [2.05, 4.69) is 24.3 Å². The number of hydrogen-bond donors (Lipinski definition) is 1. The Bertz CT molecular complexity index is 637. The van der Waals surface area contributed by atoms with E-state index >= 15 is 0 Å². The van der Waals surface area contributed by atoms with Gasteiger partial charge in [0.15, 0.2) is 9.84 Å². The molecule has 2 rings (SSSR count). The second kappa shape index (κ2) is 7.44. The molecule has 0 aromatic carbocycles. The average molecular weight is 342 g/mol. The number of carbonyl (C=O) groups is 1. The van der Waals surface area contributed by atoms with Crippen LogP contribution in [0.5, 0.6) is 0 Å². The van der Waals surface area contributed by atoms with E-state index in [0.717, 1.165) is 12.8 Å². The van der Waals surface area contributed by atoms with E-state index in [1.54, 1.807) is 19.3 Å². The highest BCUT2D eigenvalue weighted by Crippen LogP contribution is 2.20. The molecule has 8 heteroatoms. The molecule has 130 valence electrons. The number of aromatic nitrogens is 2. The summed E-state index contributed by atoms with van der Waals surface area (Å²) in [5.41, 5.74) is 0. The van der Waals surface area contributed by atoms with Gasteiger partial charge >= 0.3 is 0 Å². The maximum atomic E-state index is 12.2. The van der Waals surface area contributed by atoms with Crippen molar-refractivity contribution in [2.24, 2.45) is 0 Å². The van der Waals surface area contributed by atoms with Crippen LogP contribution in [-0.4, -0.2) is 60.1 Å². The van der Waals surface area contributed by atoms with Crippen molar-refractivity contribution >= 4 is 21.6 Å². The first-order chi connectivity index (χ1) is 10.9. The molecule has 2 heterocycles. The van der Waals surface area contributed by atoms with Gasteiger partial charge in [-0.05, 0) is 26.3 Å². The van der Waals surface area contributed by atoms with Crippen LogP contribution in [0.15, 0.2) is 12.3 Å². The highest BCUT2D eigenvalue weighted by molar-refractivity contribution is 7.91. The summed E-state index contributed by atoms with van der Waals surface area (Å²) >= 11 is 0. The van der Waals surface area contributed by atoms with Crippen molar-refractivity contribution in [3.63, 3.8) is 0 Å². The standard InChI is InChI=1S/C15H26N4O3S/c1-4-12(5-2)19-14(6-8-16-19)17-15(20)10-18(3)13-7-9-23(21,22)11-13/h6,8,12-13H,4-5,7,9-11H2,1-3H3,(H,17,20). The Labute approximate surface area is 138 Å². The minimum atomic E-state index is -2.94. The summed E-state index contributed by atoms with van der Waals surface area (Å²) in [6.07, 6.45) is 4.17. The fourth-order valence-electron chi connectivity index (χ4n) is 3.00. The van der Waals surface area contributed by atoms with Crippen molar-refractivity contribution in [3.05, 3.63) is 12.3 Å². The average Bonchev–Trinajstić information content (AvgIpc) is 3.07. The topological polar surface area (TPSA) is 84.3 Å². The third kappa shape index (κ3) is 4.54. The van der Waals surface area contributed by atoms with Gasteiger partial charge in [0.05, 0.1) is 30.3 Å². The van der Waals surface area contributed by atoms with Crippen molar-refractivity contribution < 1.29 is 13.2 Å². The van der Waals surface area contributed by atoms with Gasteiger partial charge in [0.25, 0.3) is 0 Å². The highest BCUT2D eigenvalue weighted by Gasteiger charge is 2.31. The van der Waals surface area contributed by atoms with Crippen LogP contribution in [0.25, 0.3) is 0 Å². The second-order valence-electron chi connectivity index (χ2n) is 6.15. The van der Waals surface area contributed by atoms with Crippen LogP contribution in [0.3, 0.4) is 0 Å². The van der Waals surface area contributed by atoms with Gasteiger partial charge in [-0.1, -0.05) is 13.8 Å². The lowest BCUT2D eigenvalue weighted by molar-refractivity contribution is -0.117. The quantitative estimate of drug-likeness (QED) is 0.807. The Morgan fingerprint density at radius 3 is 2.74 bits per heavy atom. The third-order valence-electron chi connectivity index (χ3n) is 4.45. The fourth-order valence-corrected chi connectivity index (χ4v) is 4.81. The predicted octanol–water partition coefficient (Wildman–Crippen LogP) is 1.30. The van der Waals surface area contributed by atoms with Gasteiger partial charge in [-0.15, -0.1) is 0 Å². The summed E-state index contributed by atoms with van der Waals surface area (Å²) in [6.45, 7) is 4.36. The summed E-state index contributed by atoms with van der Waals surface area (Å²) < 4.78 is 24.9. The van der Waals surface area contributed by atoms with E-state index in [9.17, 15) is 13.2 Å². The number of likely N-dealkylation sites (N-methyl/N-ethyl adjacent to an activating group) is 1. The molecular weight excluding hydrogens is 316 g/mol. The van der Waals surface area contributed by atoms with E-state index in [4.69, 9.17) is 0 Å². The molecule has 0 spiro atoms. The van der Waals surface area contributed by atoms with Crippen molar-refractivity contribution in [2.45, 2.75) is 45.2 Å². The molecule has 1 saturated heterocycles. The lowest BCUT2D eigenvalue weighted by atomic mass is 10.2. The van der Waals surface area contributed by atoms with Crippen LogP contribution in [0.4, 0.5) is 5.82 Å². The molecule has 0 aliphatic carbocycles. The lowest BCUT2D eigenvalue weighted by Crippen LogP contribution is -2.39. The van der Waals surface area contributed by atoms with Gasteiger partial charge in [-0.3, -0.25) is 9.69 Å². The Balaban J connectivity index is 1.94. The molecule has 1 N–H and O–H groups in total. The molecule has 1 aromatic heterocycles. The van der Waals surface area contributed by atoms with Crippen molar-refractivity contribution in [2.75, 3.05) is 30.4 Å². The number of carbonyl (C=O) groups excluding carboxylic acids is 1. The third-order valence-corrected chi connectivity index (χ3v) is 6.20. The van der Waals surface area contributed by atoms with Gasteiger partial charge in [-0.2, -0.15) is 5.10 Å². The van der Waals surface area contributed by atoms with Crippen LogP contribution in [-0.2, 0) is 14.6 Å². The molecule has 1 unspecified atom stereocenters. The number of nitrogens with one attached hydrogen (secondary N) is 1. The van der Waals surface area contributed by atoms with Crippen molar-refractivity contribution in [1.29, 1.82) is 0 Å². The number of rotatable bonds is 7. The van der Waals surface area contributed by atoms with E-state index in [1.165, 1.54) is 0 Å². The number of amides is 1. The van der Waals surface area contributed by atoms with Crippen LogP contribution in [0.2, 0.25) is 0 Å². The van der Waals surface area contributed by atoms with E-state index < -0.39 is 9.84 Å². The number of anilines is 1. The van der Waals surface area contributed by atoms with E-state index in [1.807, 2.05) is 9.58 Å². The normalized spacial score (nSPS) is 20.3. The Hall–Kier alpha value is -1.41. The minimum Gasteiger partial charge on any atom is -0.310 e. The molecule has 0 radical (unpaired) electrons. The highest BCUT2D eigenvalue weighted by atomic mass is 32.2.